The Bertz CT molecular complexity index is 681. The number of amides is 1. The summed E-state index contributed by atoms with van der Waals surface area (Å²) >= 11 is 0. The topological polar surface area (TPSA) is 62.3 Å². The first-order valence-corrected chi connectivity index (χ1v) is 6.53. The van der Waals surface area contributed by atoms with Crippen LogP contribution < -0.4 is 10.2 Å². The maximum atomic E-state index is 12.4. The van der Waals surface area contributed by atoms with Gasteiger partial charge in [-0.1, -0.05) is 12.1 Å². The van der Waals surface area contributed by atoms with Gasteiger partial charge in [-0.05, 0) is 31.2 Å². The van der Waals surface area contributed by atoms with Gasteiger partial charge in [-0.15, -0.1) is 0 Å². The van der Waals surface area contributed by atoms with Crippen molar-refractivity contribution >= 4 is 23.2 Å². The van der Waals surface area contributed by atoms with Crippen molar-refractivity contribution in [1.82, 2.24) is 4.98 Å². The molecular weight excluding hydrogens is 266 g/mol. The Kier molecular flexibility index (Phi) is 4.33. The molecule has 1 N–H and O–H groups in total. The van der Waals surface area contributed by atoms with E-state index in [-0.39, 0.29) is 11.7 Å². The predicted molar refractivity (Wildman–Crippen MR) is 83.0 cm³/mol. The molecule has 0 saturated carbocycles. The molecule has 0 aliphatic rings. The van der Waals surface area contributed by atoms with E-state index in [0.29, 0.717) is 22.6 Å². The van der Waals surface area contributed by atoms with Gasteiger partial charge in [-0.3, -0.25) is 9.59 Å². The van der Waals surface area contributed by atoms with Crippen LogP contribution in [0.3, 0.4) is 0 Å². The molecule has 0 saturated heterocycles. The van der Waals surface area contributed by atoms with Crippen molar-refractivity contribution in [2.45, 2.75) is 6.92 Å². The highest BCUT2D eigenvalue weighted by Crippen LogP contribution is 2.17. The largest absolute Gasteiger partial charge is 0.362 e. The monoisotopic (exact) mass is 283 g/mol. The number of nitrogens with one attached hydrogen (secondary N) is 1. The molecular formula is C16H17N3O2. The fourth-order valence-electron chi connectivity index (χ4n) is 1.94. The first-order chi connectivity index (χ1) is 9.99. The molecule has 21 heavy (non-hydrogen) atoms. The fourth-order valence-corrected chi connectivity index (χ4v) is 1.94. The Balaban J connectivity index is 2.26. The molecule has 1 aromatic carbocycles. The normalized spacial score (nSPS) is 10.0. The molecule has 1 aromatic heterocycles. The van der Waals surface area contributed by atoms with Crippen LogP contribution in [0.1, 0.15) is 27.6 Å². The summed E-state index contributed by atoms with van der Waals surface area (Å²) < 4.78 is 0. The lowest BCUT2D eigenvalue weighted by atomic mass is 10.1. The number of aromatic nitrogens is 1. The summed E-state index contributed by atoms with van der Waals surface area (Å²) in [5.74, 6) is 0.298. The number of carbonyl (C=O) groups excluding carboxylic acids is 2. The van der Waals surface area contributed by atoms with Gasteiger partial charge < -0.3 is 10.2 Å². The van der Waals surface area contributed by atoms with Gasteiger partial charge in [0.05, 0.1) is 5.56 Å². The molecule has 5 nitrogen and oxygen atoms in total. The van der Waals surface area contributed by atoms with Crippen molar-refractivity contribution in [3.8, 4) is 0 Å². The van der Waals surface area contributed by atoms with E-state index in [1.165, 1.54) is 6.92 Å². The predicted octanol–water partition coefficient (Wildman–Crippen LogP) is 2.60. The van der Waals surface area contributed by atoms with Crippen molar-refractivity contribution in [3.05, 3.63) is 53.7 Å². The van der Waals surface area contributed by atoms with E-state index >= 15 is 0 Å². The van der Waals surface area contributed by atoms with Gasteiger partial charge >= 0.3 is 0 Å². The number of carbonyl (C=O) groups is 2. The van der Waals surface area contributed by atoms with Crippen LogP contribution in [-0.4, -0.2) is 30.8 Å². The van der Waals surface area contributed by atoms with Gasteiger partial charge in [-0.2, -0.15) is 0 Å². The number of benzene rings is 1. The second-order valence-corrected chi connectivity index (χ2v) is 4.86. The number of rotatable bonds is 4. The van der Waals surface area contributed by atoms with Crippen LogP contribution in [-0.2, 0) is 0 Å². The van der Waals surface area contributed by atoms with Crippen LogP contribution in [0, 0.1) is 0 Å². The lowest BCUT2D eigenvalue weighted by Crippen LogP contribution is -2.19. The SMILES string of the molecule is CC(=O)c1cccc(NC(=O)c2cccnc2N(C)C)c1. The summed E-state index contributed by atoms with van der Waals surface area (Å²) in [6, 6.07) is 10.3. The van der Waals surface area contributed by atoms with Gasteiger partial charge in [0.25, 0.3) is 5.91 Å². The number of hydrogen-bond acceptors (Lipinski definition) is 4. The lowest BCUT2D eigenvalue weighted by Gasteiger charge is -2.15. The van der Waals surface area contributed by atoms with Crippen molar-refractivity contribution in [1.29, 1.82) is 0 Å². The number of ketones is 1. The highest BCUT2D eigenvalue weighted by Gasteiger charge is 2.14. The zero-order valence-corrected chi connectivity index (χ0v) is 12.3. The molecule has 0 aliphatic heterocycles. The number of hydrogen-bond donors (Lipinski definition) is 1. The molecule has 108 valence electrons. The van der Waals surface area contributed by atoms with Crippen LogP contribution in [0.4, 0.5) is 11.5 Å². The molecule has 0 unspecified atom stereocenters. The third-order valence-electron chi connectivity index (χ3n) is 2.98. The van der Waals surface area contributed by atoms with Crippen LogP contribution in [0.2, 0.25) is 0 Å². The van der Waals surface area contributed by atoms with E-state index in [9.17, 15) is 9.59 Å². The smallest absolute Gasteiger partial charge is 0.259 e. The molecule has 0 spiro atoms. The first-order valence-electron chi connectivity index (χ1n) is 6.53. The van der Waals surface area contributed by atoms with Crippen molar-refractivity contribution in [3.63, 3.8) is 0 Å². The number of Topliss-reactive ketones (excluding diaryl/α,β-unsaturated/α-hetero) is 1. The Hall–Kier alpha value is -2.69. The zero-order chi connectivity index (χ0) is 15.4. The van der Waals surface area contributed by atoms with E-state index in [4.69, 9.17) is 0 Å². The summed E-state index contributed by atoms with van der Waals surface area (Å²) in [7, 11) is 3.66. The average molecular weight is 283 g/mol. The second kappa shape index (κ2) is 6.17. The molecule has 1 amide bonds. The molecule has 5 heteroatoms. The Morgan fingerprint density at radius 3 is 2.57 bits per heavy atom. The van der Waals surface area contributed by atoms with Crippen LogP contribution >= 0.6 is 0 Å². The van der Waals surface area contributed by atoms with Gasteiger partial charge in [0.15, 0.2) is 5.78 Å². The Morgan fingerprint density at radius 1 is 1.14 bits per heavy atom. The minimum absolute atomic E-state index is 0.0403. The summed E-state index contributed by atoms with van der Waals surface area (Å²) in [4.78, 5) is 29.7. The molecule has 0 fully saturated rings. The summed E-state index contributed by atoms with van der Waals surface area (Å²) in [5.41, 5.74) is 1.63. The van der Waals surface area contributed by atoms with Crippen molar-refractivity contribution < 1.29 is 9.59 Å². The zero-order valence-electron chi connectivity index (χ0n) is 12.3. The minimum Gasteiger partial charge on any atom is -0.362 e. The van der Waals surface area contributed by atoms with Gasteiger partial charge in [-0.25, -0.2) is 4.98 Å². The highest BCUT2D eigenvalue weighted by atomic mass is 16.1. The molecule has 0 radical (unpaired) electrons. The maximum absolute atomic E-state index is 12.4. The third kappa shape index (κ3) is 3.45. The average Bonchev–Trinajstić information content (AvgIpc) is 2.47. The summed E-state index contributed by atoms with van der Waals surface area (Å²) in [5, 5.41) is 2.79. The number of nitrogens with zero attached hydrogens (tertiary/aromatic N) is 2. The lowest BCUT2D eigenvalue weighted by molar-refractivity contribution is 0.101. The molecule has 0 aliphatic carbocycles. The van der Waals surface area contributed by atoms with Gasteiger partial charge in [0, 0.05) is 31.5 Å². The summed E-state index contributed by atoms with van der Waals surface area (Å²) in [6.07, 6.45) is 1.64. The molecule has 2 rings (SSSR count). The van der Waals surface area contributed by atoms with E-state index in [0.717, 1.165) is 0 Å². The fraction of sp³-hybridized carbons (Fsp3) is 0.188. The summed E-state index contributed by atoms with van der Waals surface area (Å²) in [6.45, 7) is 1.49. The van der Waals surface area contributed by atoms with Crippen molar-refractivity contribution in [2.75, 3.05) is 24.3 Å². The highest BCUT2D eigenvalue weighted by molar-refractivity contribution is 6.08. The Morgan fingerprint density at radius 2 is 1.90 bits per heavy atom. The molecule has 0 bridgehead atoms. The van der Waals surface area contributed by atoms with Gasteiger partial charge in [0.2, 0.25) is 0 Å². The Labute approximate surface area is 123 Å². The van der Waals surface area contributed by atoms with Crippen LogP contribution in [0.5, 0.6) is 0 Å². The molecule has 0 atom stereocenters. The standard InChI is InChI=1S/C16H17N3O2/c1-11(20)12-6-4-7-13(10-12)18-16(21)14-8-5-9-17-15(14)19(2)3/h4-10H,1-3H3,(H,18,21). The van der Waals surface area contributed by atoms with Gasteiger partial charge in [0.1, 0.15) is 5.82 Å². The van der Waals surface area contributed by atoms with E-state index in [2.05, 4.69) is 10.3 Å². The van der Waals surface area contributed by atoms with Crippen LogP contribution in [0.25, 0.3) is 0 Å². The number of anilines is 2. The third-order valence-corrected chi connectivity index (χ3v) is 2.98. The molecule has 2 aromatic rings. The van der Waals surface area contributed by atoms with E-state index < -0.39 is 0 Å². The van der Waals surface area contributed by atoms with E-state index in [1.54, 1.807) is 47.5 Å². The minimum atomic E-state index is -0.257. The van der Waals surface area contributed by atoms with E-state index in [1.807, 2.05) is 14.1 Å². The second-order valence-electron chi connectivity index (χ2n) is 4.86. The van der Waals surface area contributed by atoms with Crippen LogP contribution in [0.15, 0.2) is 42.6 Å². The quantitative estimate of drug-likeness (QED) is 0.876. The molecule has 1 heterocycles. The van der Waals surface area contributed by atoms with Crippen molar-refractivity contribution in [2.24, 2.45) is 0 Å². The number of pyridine rings is 1. The maximum Gasteiger partial charge on any atom is 0.259 e. The first kappa shape index (κ1) is 14.7.